The van der Waals surface area contributed by atoms with E-state index in [4.69, 9.17) is 4.52 Å². The second kappa shape index (κ2) is 6.34. The highest BCUT2D eigenvalue weighted by Crippen LogP contribution is 2.32. The summed E-state index contributed by atoms with van der Waals surface area (Å²) in [6.07, 6.45) is 1.69. The van der Waals surface area contributed by atoms with Crippen molar-refractivity contribution in [2.45, 2.75) is 24.8 Å². The minimum atomic E-state index is 0.175. The SMILES string of the molecule is c1ccc(Cc2nc(C3CC(c4ccccc4)CN3)no2)cc1. The molecule has 1 aromatic heterocycles. The first kappa shape index (κ1) is 14.2. The number of benzene rings is 2. The summed E-state index contributed by atoms with van der Waals surface area (Å²) in [5.74, 6) is 1.96. The van der Waals surface area contributed by atoms with Gasteiger partial charge < -0.3 is 9.84 Å². The minimum absolute atomic E-state index is 0.175. The number of rotatable bonds is 4. The fourth-order valence-corrected chi connectivity index (χ4v) is 3.16. The zero-order valence-corrected chi connectivity index (χ0v) is 12.9. The van der Waals surface area contributed by atoms with E-state index < -0.39 is 0 Å². The molecule has 1 aliphatic heterocycles. The molecule has 4 nitrogen and oxygen atoms in total. The summed E-state index contributed by atoms with van der Waals surface area (Å²) in [6.45, 7) is 0.956. The second-order valence-electron chi connectivity index (χ2n) is 6.01. The lowest BCUT2D eigenvalue weighted by molar-refractivity contribution is 0.373. The van der Waals surface area contributed by atoms with E-state index in [0.717, 1.165) is 18.8 Å². The Morgan fingerprint density at radius 2 is 1.74 bits per heavy atom. The van der Waals surface area contributed by atoms with Gasteiger partial charge in [-0.3, -0.25) is 0 Å². The first-order valence-electron chi connectivity index (χ1n) is 8.03. The monoisotopic (exact) mass is 305 g/mol. The van der Waals surface area contributed by atoms with Crippen molar-refractivity contribution in [2.75, 3.05) is 6.54 Å². The molecule has 1 saturated heterocycles. The molecule has 0 amide bonds. The van der Waals surface area contributed by atoms with Crippen molar-refractivity contribution < 1.29 is 4.52 Å². The quantitative estimate of drug-likeness (QED) is 0.802. The van der Waals surface area contributed by atoms with E-state index in [0.29, 0.717) is 18.2 Å². The summed E-state index contributed by atoms with van der Waals surface area (Å²) in [7, 11) is 0. The molecule has 1 aliphatic rings. The van der Waals surface area contributed by atoms with Crippen molar-refractivity contribution in [1.29, 1.82) is 0 Å². The fourth-order valence-electron chi connectivity index (χ4n) is 3.16. The average Bonchev–Trinajstić information content (AvgIpc) is 3.26. The predicted molar refractivity (Wildman–Crippen MR) is 88.1 cm³/mol. The van der Waals surface area contributed by atoms with E-state index in [-0.39, 0.29) is 6.04 Å². The van der Waals surface area contributed by atoms with Crippen LogP contribution in [-0.4, -0.2) is 16.7 Å². The topological polar surface area (TPSA) is 51.0 Å². The minimum Gasteiger partial charge on any atom is -0.339 e. The van der Waals surface area contributed by atoms with Crippen LogP contribution in [0.25, 0.3) is 0 Å². The number of aromatic nitrogens is 2. The van der Waals surface area contributed by atoms with Crippen LogP contribution in [0, 0.1) is 0 Å². The fraction of sp³-hybridized carbons (Fsp3) is 0.263. The Balaban J connectivity index is 1.44. The lowest BCUT2D eigenvalue weighted by Gasteiger charge is -2.08. The third-order valence-corrected chi connectivity index (χ3v) is 4.40. The van der Waals surface area contributed by atoms with Gasteiger partial charge in [-0.1, -0.05) is 65.8 Å². The molecule has 0 aliphatic carbocycles. The van der Waals surface area contributed by atoms with Gasteiger partial charge in [0.15, 0.2) is 5.82 Å². The zero-order chi connectivity index (χ0) is 15.5. The highest BCUT2D eigenvalue weighted by Gasteiger charge is 2.29. The smallest absolute Gasteiger partial charge is 0.231 e. The summed E-state index contributed by atoms with van der Waals surface area (Å²) in [4.78, 5) is 4.58. The molecule has 3 aromatic rings. The molecule has 4 rings (SSSR count). The van der Waals surface area contributed by atoms with Gasteiger partial charge in [0.1, 0.15) is 0 Å². The van der Waals surface area contributed by atoms with Crippen molar-refractivity contribution in [3.8, 4) is 0 Å². The molecule has 2 aromatic carbocycles. The molecule has 4 heteroatoms. The first-order chi connectivity index (χ1) is 11.4. The average molecular weight is 305 g/mol. The maximum atomic E-state index is 5.42. The van der Waals surface area contributed by atoms with Gasteiger partial charge in [0.25, 0.3) is 0 Å². The van der Waals surface area contributed by atoms with Crippen LogP contribution in [0.3, 0.4) is 0 Å². The van der Waals surface area contributed by atoms with Gasteiger partial charge in [-0.2, -0.15) is 4.98 Å². The van der Waals surface area contributed by atoms with E-state index >= 15 is 0 Å². The van der Waals surface area contributed by atoms with Crippen molar-refractivity contribution in [1.82, 2.24) is 15.5 Å². The molecule has 116 valence electrons. The number of nitrogens with zero attached hydrogens (tertiary/aromatic N) is 2. The van der Waals surface area contributed by atoms with Crippen LogP contribution in [0.1, 0.15) is 41.2 Å². The normalized spacial score (nSPS) is 20.7. The molecule has 23 heavy (non-hydrogen) atoms. The molecule has 0 saturated carbocycles. The molecular formula is C19H19N3O. The predicted octanol–water partition coefficient (Wildman–Crippen LogP) is 3.48. The van der Waals surface area contributed by atoms with Crippen molar-refractivity contribution in [3.63, 3.8) is 0 Å². The first-order valence-corrected chi connectivity index (χ1v) is 8.03. The second-order valence-corrected chi connectivity index (χ2v) is 6.01. The summed E-state index contributed by atoms with van der Waals surface area (Å²) in [6, 6.07) is 21.0. The Kier molecular flexibility index (Phi) is 3.90. The van der Waals surface area contributed by atoms with Gasteiger partial charge in [-0.05, 0) is 23.5 Å². The van der Waals surface area contributed by atoms with Crippen LogP contribution in [0.2, 0.25) is 0 Å². The molecule has 2 unspecified atom stereocenters. The van der Waals surface area contributed by atoms with Crippen LogP contribution < -0.4 is 5.32 Å². The van der Waals surface area contributed by atoms with Crippen molar-refractivity contribution >= 4 is 0 Å². The lowest BCUT2D eigenvalue weighted by Crippen LogP contribution is -2.14. The van der Waals surface area contributed by atoms with E-state index in [1.807, 2.05) is 18.2 Å². The highest BCUT2D eigenvalue weighted by molar-refractivity contribution is 5.23. The zero-order valence-electron chi connectivity index (χ0n) is 12.9. The lowest BCUT2D eigenvalue weighted by atomic mass is 9.96. The molecule has 0 bridgehead atoms. The third-order valence-electron chi connectivity index (χ3n) is 4.40. The van der Waals surface area contributed by atoms with E-state index in [1.165, 1.54) is 11.1 Å². The van der Waals surface area contributed by atoms with Gasteiger partial charge >= 0.3 is 0 Å². The van der Waals surface area contributed by atoms with Crippen LogP contribution in [0.5, 0.6) is 0 Å². The number of hydrogen-bond donors (Lipinski definition) is 1. The van der Waals surface area contributed by atoms with Crippen LogP contribution in [0.15, 0.2) is 65.2 Å². The van der Waals surface area contributed by atoms with E-state index in [2.05, 4.69) is 57.9 Å². The highest BCUT2D eigenvalue weighted by atomic mass is 16.5. The molecule has 1 fully saturated rings. The molecular weight excluding hydrogens is 286 g/mol. The van der Waals surface area contributed by atoms with Gasteiger partial charge in [0.2, 0.25) is 5.89 Å². The maximum absolute atomic E-state index is 5.42. The van der Waals surface area contributed by atoms with Crippen LogP contribution in [-0.2, 0) is 6.42 Å². The summed E-state index contributed by atoms with van der Waals surface area (Å²) in [5.41, 5.74) is 2.56. The van der Waals surface area contributed by atoms with Crippen LogP contribution >= 0.6 is 0 Å². The molecule has 0 radical (unpaired) electrons. The summed E-state index contributed by atoms with van der Waals surface area (Å²) in [5, 5.41) is 7.69. The number of hydrogen-bond acceptors (Lipinski definition) is 4. The molecule has 2 atom stereocenters. The van der Waals surface area contributed by atoms with Crippen molar-refractivity contribution in [2.24, 2.45) is 0 Å². The molecule has 2 heterocycles. The van der Waals surface area contributed by atoms with Gasteiger partial charge in [-0.25, -0.2) is 0 Å². The Morgan fingerprint density at radius 1 is 1.00 bits per heavy atom. The van der Waals surface area contributed by atoms with Crippen LogP contribution in [0.4, 0.5) is 0 Å². The molecule has 0 spiro atoms. The standard InChI is InChI=1S/C19H19N3O/c1-3-7-14(8-4-1)11-18-21-19(22-23-18)17-12-16(13-20-17)15-9-5-2-6-10-15/h1-10,16-17,20H,11-13H2. The van der Waals surface area contributed by atoms with E-state index in [9.17, 15) is 0 Å². The maximum Gasteiger partial charge on any atom is 0.231 e. The van der Waals surface area contributed by atoms with Gasteiger partial charge in [0.05, 0.1) is 12.5 Å². The summed E-state index contributed by atoms with van der Waals surface area (Å²) < 4.78 is 5.42. The number of nitrogens with one attached hydrogen (secondary N) is 1. The van der Waals surface area contributed by atoms with E-state index in [1.54, 1.807) is 0 Å². The van der Waals surface area contributed by atoms with Gasteiger partial charge in [0, 0.05) is 6.54 Å². The Bertz CT molecular complexity index is 755. The van der Waals surface area contributed by atoms with Gasteiger partial charge in [-0.15, -0.1) is 0 Å². The summed E-state index contributed by atoms with van der Waals surface area (Å²) >= 11 is 0. The third kappa shape index (κ3) is 3.17. The Hall–Kier alpha value is -2.46. The Morgan fingerprint density at radius 3 is 2.52 bits per heavy atom. The Labute approximate surface area is 135 Å². The molecule has 1 N–H and O–H groups in total. The van der Waals surface area contributed by atoms with Crippen molar-refractivity contribution in [3.05, 3.63) is 83.5 Å². The largest absolute Gasteiger partial charge is 0.339 e.